The summed E-state index contributed by atoms with van der Waals surface area (Å²) >= 11 is 0. The molecule has 6 aromatic rings. The zero-order chi connectivity index (χ0) is 39.3. The predicted molar refractivity (Wildman–Crippen MR) is 197 cm³/mol. The summed E-state index contributed by atoms with van der Waals surface area (Å²) in [5.74, 6) is 0.413. The van der Waals surface area contributed by atoms with Crippen LogP contribution < -0.4 is 26.2 Å². The fourth-order valence-corrected chi connectivity index (χ4v) is 7.84. The van der Waals surface area contributed by atoms with Gasteiger partial charge in [-0.2, -0.15) is 0 Å². The van der Waals surface area contributed by atoms with Crippen molar-refractivity contribution in [2.75, 3.05) is 16.8 Å². The van der Waals surface area contributed by atoms with Gasteiger partial charge in [0.05, 0.1) is 13.7 Å². The minimum Gasteiger partial charge on any atom is -0.345 e. The maximum Gasteiger partial charge on any atom is 0.252 e. The summed E-state index contributed by atoms with van der Waals surface area (Å²) in [7, 11) is 2.07. The Bertz CT molecular complexity index is 2560. The van der Waals surface area contributed by atoms with Gasteiger partial charge in [0.1, 0.15) is 0 Å². The molecule has 0 amide bonds. The van der Waals surface area contributed by atoms with Crippen molar-refractivity contribution in [1.29, 1.82) is 0 Å². The van der Waals surface area contributed by atoms with E-state index in [9.17, 15) is 0 Å². The van der Waals surface area contributed by atoms with Crippen LogP contribution in [0.25, 0.3) is 22.3 Å². The van der Waals surface area contributed by atoms with Crippen LogP contribution in [0.1, 0.15) is 57.3 Å². The lowest BCUT2D eigenvalue weighted by atomic mass is 9.33. The number of rotatable bonds is 4. The van der Waals surface area contributed by atoms with Crippen LogP contribution in [0, 0.1) is 0 Å². The molecule has 3 aliphatic rings. The quantitative estimate of drug-likeness (QED) is 0.185. The molecule has 2 nitrogen and oxygen atoms in total. The van der Waals surface area contributed by atoms with E-state index in [2.05, 4.69) is 41.1 Å². The Hall–Kier alpha value is -5.02. The molecule has 0 bridgehead atoms. The molecule has 2 heterocycles. The molecule has 3 heteroatoms. The van der Waals surface area contributed by atoms with Crippen LogP contribution >= 0.6 is 0 Å². The van der Waals surface area contributed by atoms with E-state index in [1.807, 2.05) is 54.6 Å². The molecule has 1 saturated carbocycles. The standard InChI is InChI=1S/C43H37BN2/c1-45-39-26-23-34(31-15-7-3-8-16-31)27-38(39)44-37-19-11-12-20-40(37)46(36-24-21-33(22-25-36)30-13-5-2-6-14-30)42-29-35(28-41(45)43(42)44)32-17-9-4-10-18-32/h2-3,5-8,11-16,19-29,32H,4,9-10,17-18H2,1H3/i2D,3D,5D,6D,7D,8D,13D,14D,15D,16D. The summed E-state index contributed by atoms with van der Waals surface area (Å²) in [5, 5.41) is 0. The Morgan fingerprint density at radius 3 is 1.98 bits per heavy atom. The van der Waals surface area contributed by atoms with Gasteiger partial charge in [0.15, 0.2) is 0 Å². The first-order valence-electron chi connectivity index (χ1n) is 21.1. The molecule has 2 aliphatic heterocycles. The molecular weight excluding hydrogens is 555 g/mol. The number of anilines is 5. The van der Waals surface area contributed by atoms with Gasteiger partial charge < -0.3 is 9.80 Å². The van der Waals surface area contributed by atoms with Gasteiger partial charge in [0.2, 0.25) is 0 Å². The van der Waals surface area contributed by atoms with Crippen LogP contribution in [0.4, 0.5) is 28.4 Å². The van der Waals surface area contributed by atoms with Crippen LogP contribution in [0.2, 0.25) is 0 Å². The highest BCUT2D eigenvalue weighted by Crippen LogP contribution is 2.45. The van der Waals surface area contributed by atoms with Gasteiger partial charge >= 0.3 is 0 Å². The Morgan fingerprint density at radius 1 is 0.587 bits per heavy atom. The summed E-state index contributed by atoms with van der Waals surface area (Å²) in [6, 6.07) is 23.1. The van der Waals surface area contributed by atoms with E-state index >= 15 is 0 Å². The molecule has 0 saturated heterocycles. The number of benzene rings is 6. The third-order valence-corrected chi connectivity index (χ3v) is 10.0. The normalized spacial score (nSPS) is 18.3. The average Bonchev–Trinajstić information content (AvgIpc) is 3.22. The first kappa shape index (κ1) is 18.8. The second-order valence-corrected chi connectivity index (χ2v) is 12.5. The largest absolute Gasteiger partial charge is 0.345 e. The number of fused-ring (bicyclic) bond motifs is 4. The molecule has 222 valence electrons. The molecule has 0 aromatic heterocycles. The lowest BCUT2D eigenvalue weighted by Gasteiger charge is -2.44. The summed E-state index contributed by atoms with van der Waals surface area (Å²) in [6.07, 6.45) is 5.84. The average molecular weight is 603 g/mol. The summed E-state index contributed by atoms with van der Waals surface area (Å²) in [4.78, 5) is 4.48. The summed E-state index contributed by atoms with van der Waals surface area (Å²) < 4.78 is 84.1. The van der Waals surface area contributed by atoms with Crippen molar-refractivity contribution in [1.82, 2.24) is 0 Å². The molecular formula is C43H37BN2. The highest BCUT2D eigenvalue weighted by atomic mass is 15.2. The van der Waals surface area contributed by atoms with Crippen molar-refractivity contribution < 1.29 is 13.7 Å². The SMILES string of the molecule is [2H]c1c([2H])c([2H])c(-c2ccc(N3c4ccccc4B4c5cc(-c6c([2H])c([2H])c([2H])c([2H])c6[2H])ccc5N(C)c5cc(C6CCCCC6)cc3c54)cc2)c([2H])c1[2H]. The predicted octanol–water partition coefficient (Wildman–Crippen LogP) is 9.45. The van der Waals surface area contributed by atoms with Crippen molar-refractivity contribution in [3.63, 3.8) is 0 Å². The second kappa shape index (κ2) is 11.1. The van der Waals surface area contributed by atoms with Gasteiger partial charge in [-0.1, -0.05) is 122 Å². The molecule has 6 aromatic carbocycles. The van der Waals surface area contributed by atoms with Crippen LogP contribution in [0.3, 0.4) is 0 Å². The lowest BCUT2D eigenvalue weighted by molar-refractivity contribution is 0.444. The van der Waals surface area contributed by atoms with Gasteiger partial charge in [-0.3, -0.25) is 0 Å². The minimum absolute atomic E-state index is 0.159. The third-order valence-electron chi connectivity index (χ3n) is 10.0. The van der Waals surface area contributed by atoms with Crippen molar-refractivity contribution >= 4 is 51.5 Å². The van der Waals surface area contributed by atoms with Gasteiger partial charge in [0.25, 0.3) is 6.71 Å². The zero-order valence-electron chi connectivity index (χ0n) is 35.6. The van der Waals surface area contributed by atoms with Crippen LogP contribution in [-0.2, 0) is 0 Å². The van der Waals surface area contributed by atoms with Crippen molar-refractivity contribution in [3.8, 4) is 22.3 Å². The highest BCUT2D eigenvalue weighted by Gasteiger charge is 2.42. The molecule has 0 N–H and O–H groups in total. The maximum absolute atomic E-state index is 8.76. The van der Waals surface area contributed by atoms with Gasteiger partial charge in [0, 0.05) is 35.5 Å². The van der Waals surface area contributed by atoms with Gasteiger partial charge in [-0.25, -0.2) is 0 Å². The van der Waals surface area contributed by atoms with E-state index in [1.54, 1.807) is 0 Å². The molecule has 0 spiro atoms. The molecule has 1 fully saturated rings. The van der Waals surface area contributed by atoms with Gasteiger partial charge in [-0.15, -0.1) is 0 Å². The lowest BCUT2D eigenvalue weighted by Crippen LogP contribution is -2.61. The first-order valence-corrected chi connectivity index (χ1v) is 16.1. The van der Waals surface area contributed by atoms with E-state index in [0.717, 1.165) is 57.7 Å². The van der Waals surface area contributed by atoms with E-state index in [1.165, 1.54) is 24.8 Å². The number of nitrogens with zero attached hydrogens (tertiary/aromatic N) is 2. The van der Waals surface area contributed by atoms with Crippen LogP contribution in [0.15, 0.2) is 139 Å². The van der Waals surface area contributed by atoms with Gasteiger partial charge in [-0.05, 0) is 99.4 Å². The Balaban J connectivity index is 1.26. The smallest absolute Gasteiger partial charge is 0.252 e. The van der Waals surface area contributed by atoms with E-state index in [0.29, 0.717) is 17.0 Å². The number of hydrogen-bond acceptors (Lipinski definition) is 2. The Labute approximate surface area is 287 Å². The minimum atomic E-state index is -0.422. The van der Waals surface area contributed by atoms with Crippen molar-refractivity contribution in [2.24, 2.45) is 0 Å². The monoisotopic (exact) mass is 602 g/mol. The fraction of sp³-hybridized carbons (Fsp3) is 0.163. The highest BCUT2D eigenvalue weighted by molar-refractivity contribution is 7.00. The third kappa shape index (κ3) is 4.41. The van der Waals surface area contributed by atoms with Crippen molar-refractivity contribution in [2.45, 2.75) is 38.0 Å². The van der Waals surface area contributed by atoms with E-state index in [-0.39, 0.29) is 66.2 Å². The van der Waals surface area contributed by atoms with E-state index in [4.69, 9.17) is 13.7 Å². The zero-order valence-corrected chi connectivity index (χ0v) is 25.6. The van der Waals surface area contributed by atoms with Crippen LogP contribution in [-0.4, -0.2) is 13.8 Å². The molecule has 0 radical (unpaired) electrons. The molecule has 9 rings (SSSR count). The van der Waals surface area contributed by atoms with E-state index < -0.39 is 12.1 Å². The second-order valence-electron chi connectivity index (χ2n) is 12.5. The molecule has 46 heavy (non-hydrogen) atoms. The van der Waals surface area contributed by atoms with Crippen molar-refractivity contribution in [3.05, 3.63) is 145 Å². The molecule has 1 aliphatic carbocycles. The first-order chi connectivity index (χ1) is 26.9. The van der Waals surface area contributed by atoms with Crippen LogP contribution in [0.5, 0.6) is 0 Å². The Morgan fingerprint density at radius 2 is 1.24 bits per heavy atom. The molecule has 0 unspecified atom stereocenters. The summed E-state index contributed by atoms with van der Waals surface area (Å²) in [5.41, 5.74) is 10.7. The Kier molecular flexibility index (Phi) is 4.55. The maximum atomic E-state index is 8.76. The topological polar surface area (TPSA) is 6.48 Å². The molecule has 0 atom stereocenters. The fourth-order valence-electron chi connectivity index (χ4n) is 7.84. The number of hydrogen-bond donors (Lipinski definition) is 0. The summed E-state index contributed by atoms with van der Waals surface area (Å²) in [6.45, 7) is -0.228. The number of para-hydroxylation sites is 1.